The lowest BCUT2D eigenvalue weighted by atomic mass is 10.1. The van der Waals surface area contributed by atoms with Crippen LogP contribution in [0.25, 0.3) is 44.6 Å². The summed E-state index contributed by atoms with van der Waals surface area (Å²) >= 11 is 0. The standard InChI is InChI=1S/C25H24N6O2.C22H22N6O.C4H6O/c1-2-21(32)30-14-6-7-18(15-30)31-25-22(24(26)27-16-28-25)23(29-31)17-10-12-20(13-11-17)33-19-8-4-3-5-9-19;23-21-19-20(15-8-10-18(11-9-15)29-17-6-2-1-3-7-17)27-28(22(19)26-14-25-21)16-5-4-12-24-13-16;1-3-4(2)5/h2-5,8-13,16,18H,1,6-7,14-15H2,(H2,26,27,28);1-3,6-11,14,16,24H,4-5,12-13H2,(H2,23,25,26);3H,1H2,2H3/t18-;16-;/m11./s1. The third-order valence-electron chi connectivity index (χ3n) is 11.4. The quantitative estimate of drug-likeness (QED) is 0.110. The second kappa shape index (κ2) is 21.2. The summed E-state index contributed by atoms with van der Waals surface area (Å²) in [6.07, 6.45) is 9.55. The fourth-order valence-electron chi connectivity index (χ4n) is 8.04. The topological polar surface area (TPSA) is 207 Å². The third kappa shape index (κ3) is 10.7. The monoisotopic (exact) mass is 896 g/mol. The van der Waals surface area contributed by atoms with Crippen molar-refractivity contribution in [2.45, 2.75) is 44.7 Å². The molecular formula is C51H52N12O4. The van der Waals surface area contributed by atoms with E-state index in [0.717, 1.165) is 89.6 Å². The number of amides is 1. The van der Waals surface area contributed by atoms with Crippen molar-refractivity contribution in [1.29, 1.82) is 0 Å². The number of aromatic nitrogens is 8. The number of benzene rings is 4. The minimum atomic E-state index is -0.0699. The SMILES string of the molecule is C=CC(=O)N1CCC[C@@H](n2nc(-c3ccc(Oc4ccccc4)cc3)c3c(N)ncnc32)C1.C=CC(C)=O.Nc1ncnc2c1c(-c1ccc(Oc3ccccc3)cc1)nn2[C@@H]1CCCNC1. The molecule has 10 rings (SSSR count). The van der Waals surface area contributed by atoms with Crippen LogP contribution in [0, 0.1) is 0 Å². The molecule has 4 aromatic heterocycles. The van der Waals surface area contributed by atoms with Gasteiger partial charge in [0, 0.05) is 30.8 Å². The molecular weight excluding hydrogens is 845 g/mol. The Balaban J connectivity index is 0.000000166. The fourth-order valence-corrected chi connectivity index (χ4v) is 8.04. The van der Waals surface area contributed by atoms with E-state index in [2.05, 4.69) is 38.4 Å². The number of nitrogens with one attached hydrogen (secondary N) is 1. The average Bonchev–Trinajstić information content (AvgIpc) is 3.97. The predicted octanol–water partition coefficient (Wildman–Crippen LogP) is 8.77. The Morgan fingerprint density at radius 1 is 0.642 bits per heavy atom. The van der Waals surface area contributed by atoms with Crippen LogP contribution in [-0.4, -0.2) is 82.3 Å². The van der Waals surface area contributed by atoms with Crippen LogP contribution in [0.15, 0.2) is 147 Å². The highest BCUT2D eigenvalue weighted by Crippen LogP contribution is 2.36. The first-order valence-corrected chi connectivity index (χ1v) is 22.1. The molecule has 2 atom stereocenters. The summed E-state index contributed by atoms with van der Waals surface area (Å²) in [5.74, 6) is 3.84. The van der Waals surface area contributed by atoms with Crippen molar-refractivity contribution < 1.29 is 19.1 Å². The Morgan fingerprint density at radius 3 is 1.55 bits per heavy atom. The number of nitrogens with zero attached hydrogens (tertiary/aromatic N) is 9. The van der Waals surface area contributed by atoms with Crippen molar-refractivity contribution >= 4 is 45.4 Å². The van der Waals surface area contributed by atoms with Gasteiger partial charge >= 0.3 is 0 Å². The number of carbonyl (C=O) groups excluding carboxylic acids is 2. The minimum Gasteiger partial charge on any atom is -0.457 e. The zero-order chi connectivity index (χ0) is 46.7. The van der Waals surface area contributed by atoms with Gasteiger partial charge < -0.3 is 31.2 Å². The number of rotatable bonds is 10. The van der Waals surface area contributed by atoms with Crippen LogP contribution in [-0.2, 0) is 9.59 Å². The highest BCUT2D eigenvalue weighted by Gasteiger charge is 2.28. The van der Waals surface area contributed by atoms with Gasteiger partial charge in [0.2, 0.25) is 5.91 Å². The molecule has 2 saturated heterocycles. The van der Waals surface area contributed by atoms with Crippen LogP contribution >= 0.6 is 0 Å². The van der Waals surface area contributed by atoms with Gasteiger partial charge in [-0.2, -0.15) is 10.2 Å². The number of likely N-dealkylation sites (tertiary alicyclic amines) is 1. The van der Waals surface area contributed by atoms with Gasteiger partial charge in [-0.25, -0.2) is 29.3 Å². The summed E-state index contributed by atoms with van der Waals surface area (Å²) < 4.78 is 15.7. The predicted molar refractivity (Wildman–Crippen MR) is 260 cm³/mol. The lowest BCUT2D eigenvalue weighted by Crippen LogP contribution is -2.40. The summed E-state index contributed by atoms with van der Waals surface area (Å²) in [5.41, 5.74) is 17.3. The summed E-state index contributed by atoms with van der Waals surface area (Å²) in [5, 5.41) is 14.8. The fraction of sp³-hybridized carbons (Fsp3) is 0.216. The summed E-state index contributed by atoms with van der Waals surface area (Å²) in [6, 6.07) is 35.2. The minimum absolute atomic E-state index is 0.00566. The molecule has 0 aliphatic carbocycles. The maximum absolute atomic E-state index is 12.2. The maximum atomic E-state index is 12.2. The van der Waals surface area contributed by atoms with Gasteiger partial charge in [0.1, 0.15) is 58.7 Å². The van der Waals surface area contributed by atoms with Gasteiger partial charge in [0.25, 0.3) is 0 Å². The van der Waals surface area contributed by atoms with E-state index in [1.807, 2.05) is 119 Å². The van der Waals surface area contributed by atoms with Crippen LogP contribution in [0.3, 0.4) is 0 Å². The van der Waals surface area contributed by atoms with E-state index in [-0.39, 0.29) is 23.8 Å². The number of ketones is 1. The van der Waals surface area contributed by atoms with Gasteiger partial charge in [-0.1, -0.05) is 49.6 Å². The second-order valence-corrected chi connectivity index (χ2v) is 16.0. The normalized spacial score (nSPS) is 15.6. The summed E-state index contributed by atoms with van der Waals surface area (Å²) in [6.45, 7) is 11.5. The number of carbonyl (C=O) groups is 2. The third-order valence-corrected chi connectivity index (χ3v) is 11.4. The van der Waals surface area contributed by atoms with E-state index in [1.165, 1.54) is 31.7 Å². The molecule has 4 aromatic carbocycles. The Kier molecular flexibility index (Phi) is 14.3. The molecule has 2 fully saturated rings. The van der Waals surface area contributed by atoms with Gasteiger partial charge in [-0.15, -0.1) is 0 Å². The van der Waals surface area contributed by atoms with E-state index in [0.29, 0.717) is 41.5 Å². The lowest BCUT2D eigenvalue weighted by molar-refractivity contribution is -0.127. The number of ether oxygens (including phenoxy) is 2. The average molecular weight is 897 g/mol. The molecule has 0 radical (unpaired) electrons. The molecule has 0 spiro atoms. The largest absolute Gasteiger partial charge is 0.457 e. The van der Waals surface area contributed by atoms with Crippen molar-refractivity contribution in [3.63, 3.8) is 0 Å². The maximum Gasteiger partial charge on any atom is 0.246 e. The smallest absolute Gasteiger partial charge is 0.246 e. The molecule has 16 nitrogen and oxygen atoms in total. The molecule has 5 N–H and O–H groups in total. The molecule has 67 heavy (non-hydrogen) atoms. The van der Waals surface area contributed by atoms with E-state index in [9.17, 15) is 9.59 Å². The number of allylic oxidation sites excluding steroid dienone is 1. The summed E-state index contributed by atoms with van der Waals surface area (Å²) in [7, 11) is 0. The van der Waals surface area contributed by atoms with Gasteiger partial charge in [0.05, 0.1) is 22.9 Å². The first kappa shape index (κ1) is 45.3. The Bertz CT molecular complexity index is 2970. The molecule has 340 valence electrons. The Morgan fingerprint density at radius 2 is 1.10 bits per heavy atom. The van der Waals surface area contributed by atoms with Crippen LogP contribution in [0.4, 0.5) is 11.6 Å². The molecule has 0 bridgehead atoms. The number of nitrogen functional groups attached to an aromatic ring is 2. The number of hydrogen-bond acceptors (Lipinski definition) is 13. The van der Waals surface area contributed by atoms with E-state index >= 15 is 0 Å². The lowest BCUT2D eigenvalue weighted by Gasteiger charge is -2.32. The van der Waals surface area contributed by atoms with Crippen molar-refractivity contribution in [2.75, 3.05) is 37.6 Å². The molecule has 8 aromatic rings. The number of fused-ring (bicyclic) bond motifs is 2. The highest BCUT2D eigenvalue weighted by atomic mass is 16.5. The van der Waals surface area contributed by atoms with Crippen LogP contribution in [0.5, 0.6) is 23.0 Å². The van der Waals surface area contributed by atoms with E-state index in [1.54, 1.807) is 4.90 Å². The number of nitrogens with two attached hydrogens (primary N) is 2. The van der Waals surface area contributed by atoms with Gasteiger partial charge in [0.15, 0.2) is 17.1 Å². The zero-order valence-corrected chi connectivity index (χ0v) is 37.2. The molecule has 1 amide bonds. The van der Waals surface area contributed by atoms with E-state index in [4.69, 9.17) is 31.1 Å². The van der Waals surface area contributed by atoms with Gasteiger partial charge in [-0.3, -0.25) is 9.59 Å². The Hall–Kier alpha value is -8.24. The zero-order valence-electron chi connectivity index (χ0n) is 37.2. The molecule has 6 heterocycles. The van der Waals surface area contributed by atoms with Crippen molar-refractivity contribution in [3.8, 4) is 45.5 Å². The summed E-state index contributed by atoms with van der Waals surface area (Å²) in [4.78, 5) is 41.0. The van der Waals surface area contributed by atoms with Crippen molar-refractivity contribution in [1.82, 2.24) is 49.7 Å². The molecule has 0 saturated carbocycles. The van der Waals surface area contributed by atoms with Crippen LogP contribution in [0.1, 0.15) is 44.7 Å². The second-order valence-electron chi connectivity index (χ2n) is 16.0. The van der Waals surface area contributed by atoms with Crippen molar-refractivity contribution in [2.24, 2.45) is 0 Å². The number of para-hydroxylation sites is 2. The van der Waals surface area contributed by atoms with Crippen LogP contribution in [0.2, 0.25) is 0 Å². The van der Waals surface area contributed by atoms with Crippen molar-refractivity contribution in [3.05, 3.63) is 147 Å². The number of hydrogen-bond donors (Lipinski definition) is 3. The molecule has 16 heteroatoms. The molecule has 0 unspecified atom stereocenters. The molecule has 2 aliphatic rings. The first-order chi connectivity index (χ1) is 32.7. The highest BCUT2D eigenvalue weighted by molar-refractivity contribution is 5.99. The van der Waals surface area contributed by atoms with Gasteiger partial charge in [-0.05, 0) is 124 Å². The number of anilines is 2. The Labute approximate surface area is 388 Å². The first-order valence-electron chi connectivity index (χ1n) is 22.1. The number of piperidine rings is 2. The molecule has 2 aliphatic heterocycles. The van der Waals surface area contributed by atoms with Crippen LogP contribution < -0.4 is 26.3 Å². The van der Waals surface area contributed by atoms with E-state index < -0.39 is 0 Å².